The zero-order chi connectivity index (χ0) is 20.6. The highest BCUT2D eigenvalue weighted by atomic mass is 19.4. The van der Waals surface area contributed by atoms with Crippen molar-refractivity contribution in [1.82, 2.24) is 4.98 Å². The number of hydrogen-bond acceptors (Lipinski definition) is 6. The maximum Gasteiger partial charge on any atom is 0.490 e. The first kappa shape index (κ1) is 21.7. The van der Waals surface area contributed by atoms with E-state index in [0.29, 0.717) is 11.4 Å². The van der Waals surface area contributed by atoms with Crippen molar-refractivity contribution in [2.75, 3.05) is 31.4 Å². The van der Waals surface area contributed by atoms with Gasteiger partial charge in [0, 0.05) is 31.7 Å². The average molecular weight is 385 g/mol. The van der Waals surface area contributed by atoms with Gasteiger partial charge in [0.15, 0.2) is 0 Å². The monoisotopic (exact) mass is 385 g/mol. The molecular formula is C17H18F3N3O4. The van der Waals surface area contributed by atoms with Crippen LogP contribution >= 0.6 is 0 Å². The summed E-state index contributed by atoms with van der Waals surface area (Å²) in [4.78, 5) is 26.6. The number of rotatable bonds is 4. The average Bonchev–Trinajstić information content (AvgIpc) is 2.61. The number of pyridine rings is 1. The minimum atomic E-state index is -5.08. The summed E-state index contributed by atoms with van der Waals surface area (Å²) in [6.45, 7) is 0. The van der Waals surface area contributed by atoms with E-state index >= 15 is 0 Å². The van der Waals surface area contributed by atoms with Gasteiger partial charge in [0.1, 0.15) is 5.82 Å². The van der Waals surface area contributed by atoms with E-state index in [-0.39, 0.29) is 5.97 Å². The van der Waals surface area contributed by atoms with Crippen molar-refractivity contribution in [3.63, 3.8) is 0 Å². The fourth-order valence-corrected chi connectivity index (χ4v) is 1.75. The third-order valence-corrected chi connectivity index (χ3v) is 3.06. The molecular weight excluding hydrogens is 367 g/mol. The van der Waals surface area contributed by atoms with Crippen molar-refractivity contribution in [3.05, 3.63) is 48.2 Å². The van der Waals surface area contributed by atoms with E-state index in [1.54, 1.807) is 18.3 Å². The van der Waals surface area contributed by atoms with E-state index in [0.717, 1.165) is 11.4 Å². The standard InChI is InChI=1S/C15H17N3O2.C2HF3O2/c1-18(2)13-6-4-5-12(10-13)17-14-9-11(7-8-16-14)15(19)20-3;3-2(4,5)1(6)7/h4-10H,1-3H3,(H,16,17);(H,6,7). The molecule has 0 fully saturated rings. The predicted octanol–water partition coefficient (Wildman–Crippen LogP) is 3.31. The van der Waals surface area contributed by atoms with E-state index in [1.807, 2.05) is 43.3 Å². The quantitative estimate of drug-likeness (QED) is 0.780. The van der Waals surface area contributed by atoms with Gasteiger partial charge >= 0.3 is 18.1 Å². The number of halogens is 3. The molecule has 0 amide bonds. The molecule has 0 aliphatic rings. The number of carboxylic acids is 1. The van der Waals surface area contributed by atoms with Crippen LogP contribution in [-0.2, 0) is 9.53 Å². The van der Waals surface area contributed by atoms with Gasteiger partial charge in [-0.1, -0.05) is 6.07 Å². The van der Waals surface area contributed by atoms with Crippen LogP contribution in [0.15, 0.2) is 42.6 Å². The van der Waals surface area contributed by atoms with Gasteiger partial charge in [-0.25, -0.2) is 14.6 Å². The SMILES string of the molecule is COC(=O)c1ccnc(Nc2cccc(N(C)C)c2)c1.O=C(O)C(F)(F)F. The van der Waals surface area contributed by atoms with Gasteiger partial charge in [0.25, 0.3) is 0 Å². The van der Waals surface area contributed by atoms with Crippen LogP contribution in [-0.4, -0.2) is 49.4 Å². The summed E-state index contributed by atoms with van der Waals surface area (Å²) in [6, 6.07) is 11.2. The number of benzene rings is 1. The molecule has 1 aromatic carbocycles. The van der Waals surface area contributed by atoms with Gasteiger partial charge in [-0.05, 0) is 30.3 Å². The molecule has 146 valence electrons. The normalized spacial score (nSPS) is 10.3. The highest BCUT2D eigenvalue weighted by Gasteiger charge is 2.38. The third kappa shape index (κ3) is 7.22. The Hall–Kier alpha value is -3.30. The highest BCUT2D eigenvalue weighted by molar-refractivity contribution is 5.90. The molecule has 1 heterocycles. The number of methoxy groups -OCH3 is 1. The smallest absolute Gasteiger partial charge is 0.475 e. The number of alkyl halides is 3. The molecule has 0 unspecified atom stereocenters. The number of anilines is 3. The van der Waals surface area contributed by atoms with Gasteiger partial charge in [0.2, 0.25) is 0 Å². The molecule has 0 radical (unpaired) electrons. The first-order chi connectivity index (χ1) is 12.5. The van der Waals surface area contributed by atoms with Crippen LogP contribution in [0, 0.1) is 0 Å². The fourth-order valence-electron chi connectivity index (χ4n) is 1.75. The Bertz CT molecular complexity index is 795. The lowest BCUT2D eigenvalue weighted by molar-refractivity contribution is -0.192. The number of aromatic nitrogens is 1. The lowest BCUT2D eigenvalue weighted by Crippen LogP contribution is -2.21. The van der Waals surface area contributed by atoms with E-state index in [4.69, 9.17) is 14.6 Å². The topological polar surface area (TPSA) is 91.8 Å². The van der Waals surface area contributed by atoms with Crippen LogP contribution < -0.4 is 10.2 Å². The molecule has 7 nitrogen and oxygen atoms in total. The van der Waals surface area contributed by atoms with Crippen molar-refractivity contribution < 1.29 is 32.6 Å². The Labute approximate surface area is 153 Å². The van der Waals surface area contributed by atoms with Crippen LogP contribution in [0.5, 0.6) is 0 Å². The van der Waals surface area contributed by atoms with Gasteiger partial charge < -0.3 is 20.1 Å². The molecule has 0 spiro atoms. The molecule has 2 aromatic rings. The second kappa shape index (κ2) is 9.41. The van der Waals surface area contributed by atoms with Crippen molar-refractivity contribution in [2.24, 2.45) is 0 Å². The van der Waals surface area contributed by atoms with Gasteiger partial charge in [-0.15, -0.1) is 0 Å². The Balaban J connectivity index is 0.000000445. The number of aliphatic carboxylic acids is 1. The molecule has 2 N–H and O–H groups in total. The number of esters is 1. The zero-order valence-electron chi connectivity index (χ0n) is 14.7. The lowest BCUT2D eigenvalue weighted by Gasteiger charge is -2.14. The summed E-state index contributed by atoms with van der Waals surface area (Å²) in [5, 5.41) is 10.3. The van der Waals surface area contributed by atoms with Crippen molar-refractivity contribution >= 4 is 29.1 Å². The van der Waals surface area contributed by atoms with Crippen LogP contribution in [0.3, 0.4) is 0 Å². The maximum atomic E-state index is 11.5. The molecule has 0 aliphatic carbocycles. The number of carboxylic acid groups (broad SMARTS) is 1. The van der Waals surface area contributed by atoms with E-state index < -0.39 is 12.1 Å². The minimum Gasteiger partial charge on any atom is -0.475 e. The zero-order valence-corrected chi connectivity index (χ0v) is 14.7. The van der Waals surface area contributed by atoms with E-state index in [9.17, 15) is 18.0 Å². The number of nitrogens with zero attached hydrogens (tertiary/aromatic N) is 2. The Morgan fingerprint density at radius 1 is 1.19 bits per heavy atom. The molecule has 0 saturated heterocycles. The second-order valence-corrected chi connectivity index (χ2v) is 5.29. The highest BCUT2D eigenvalue weighted by Crippen LogP contribution is 2.21. The maximum absolute atomic E-state index is 11.5. The Kier molecular flexibility index (Phi) is 7.58. The summed E-state index contributed by atoms with van der Waals surface area (Å²) < 4.78 is 36.4. The molecule has 27 heavy (non-hydrogen) atoms. The molecule has 1 aromatic heterocycles. The summed E-state index contributed by atoms with van der Waals surface area (Å²) in [5.41, 5.74) is 2.46. The van der Waals surface area contributed by atoms with Crippen LogP contribution in [0.1, 0.15) is 10.4 Å². The molecule has 0 atom stereocenters. The fraction of sp³-hybridized carbons (Fsp3) is 0.235. The van der Waals surface area contributed by atoms with E-state index in [1.165, 1.54) is 7.11 Å². The number of ether oxygens (including phenoxy) is 1. The number of hydrogen-bond donors (Lipinski definition) is 2. The molecule has 2 rings (SSSR count). The number of carbonyl (C=O) groups excluding carboxylic acids is 1. The summed E-state index contributed by atoms with van der Waals surface area (Å²) in [5.74, 6) is -2.53. The second-order valence-electron chi connectivity index (χ2n) is 5.29. The molecule has 0 aliphatic heterocycles. The predicted molar refractivity (Wildman–Crippen MR) is 93.3 cm³/mol. The molecule has 0 bridgehead atoms. The Morgan fingerprint density at radius 2 is 1.81 bits per heavy atom. The molecule has 10 heteroatoms. The number of nitrogens with one attached hydrogen (secondary N) is 1. The minimum absolute atomic E-state index is 0.377. The first-order valence-corrected chi connectivity index (χ1v) is 7.43. The van der Waals surface area contributed by atoms with Crippen LogP contribution in [0.25, 0.3) is 0 Å². The lowest BCUT2D eigenvalue weighted by atomic mass is 10.2. The van der Waals surface area contributed by atoms with Crippen molar-refractivity contribution in [1.29, 1.82) is 0 Å². The summed E-state index contributed by atoms with van der Waals surface area (Å²) >= 11 is 0. The van der Waals surface area contributed by atoms with Crippen molar-refractivity contribution in [2.45, 2.75) is 6.18 Å². The summed E-state index contributed by atoms with van der Waals surface area (Å²) in [6.07, 6.45) is -3.51. The van der Waals surface area contributed by atoms with Gasteiger partial charge in [-0.3, -0.25) is 0 Å². The molecule has 0 saturated carbocycles. The summed E-state index contributed by atoms with van der Waals surface area (Å²) in [7, 11) is 5.32. The Morgan fingerprint density at radius 3 is 2.33 bits per heavy atom. The van der Waals surface area contributed by atoms with E-state index in [2.05, 4.69) is 10.3 Å². The van der Waals surface area contributed by atoms with Crippen molar-refractivity contribution in [3.8, 4) is 0 Å². The van der Waals surface area contributed by atoms with Gasteiger partial charge in [0.05, 0.1) is 12.7 Å². The van der Waals surface area contributed by atoms with Crippen LogP contribution in [0.2, 0.25) is 0 Å². The van der Waals surface area contributed by atoms with Crippen LogP contribution in [0.4, 0.5) is 30.4 Å². The van der Waals surface area contributed by atoms with Gasteiger partial charge in [-0.2, -0.15) is 13.2 Å². The first-order valence-electron chi connectivity index (χ1n) is 7.43. The third-order valence-electron chi connectivity index (χ3n) is 3.06. The number of carbonyl (C=O) groups is 2. The largest absolute Gasteiger partial charge is 0.490 e.